The molecule has 0 atom stereocenters. The van der Waals surface area contributed by atoms with Crippen molar-refractivity contribution in [3.63, 3.8) is 0 Å². The van der Waals surface area contributed by atoms with Crippen molar-refractivity contribution in [2.75, 3.05) is 5.32 Å². The minimum atomic E-state index is -4.63. The molecular weight excluding hydrogens is 547 g/mol. The maximum atomic E-state index is 13.5. The van der Waals surface area contributed by atoms with Crippen LogP contribution in [0.2, 0.25) is 0 Å². The molecule has 0 unspecified atom stereocenters. The first-order chi connectivity index (χ1) is 20.0. The van der Waals surface area contributed by atoms with E-state index in [1.807, 2.05) is 26.0 Å². The molecule has 0 aliphatic rings. The molecule has 5 aromatic rings. The lowest BCUT2D eigenvalue weighted by atomic mass is 10.0. The minimum Gasteiger partial charge on any atom is -0.478 e. The molecule has 0 aliphatic heterocycles. The quantitative estimate of drug-likeness (QED) is 0.205. The number of aryl methyl sites for hydroxylation is 1. The summed E-state index contributed by atoms with van der Waals surface area (Å²) in [5, 5.41) is 16.4. The number of hydrogen-bond acceptors (Lipinski definition) is 5. The van der Waals surface area contributed by atoms with E-state index < -0.39 is 17.8 Å². The zero-order chi connectivity index (χ0) is 30.0. The van der Waals surface area contributed by atoms with Crippen LogP contribution in [0.4, 0.5) is 18.9 Å². The van der Waals surface area contributed by atoms with E-state index in [9.17, 15) is 22.8 Å². The molecule has 3 heterocycles. The van der Waals surface area contributed by atoms with Gasteiger partial charge in [-0.1, -0.05) is 31.2 Å². The standard InChI is InChI=1S/C31H24F3N5O3/c1-3-19(16-28(40)41)20-6-4-7-22(14-20)30(42)37-25-15-21(10-9-18(25)2)26-17-39-27(36-26)12-11-24(38-39)23-8-5-13-35-29(23)31(32,33)34/h4-17H,3H2,1-2H3,(H,37,42)(H,40,41). The third kappa shape index (κ3) is 5.90. The van der Waals surface area contributed by atoms with Crippen molar-refractivity contribution in [3.05, 3.63) is 108 Å². The van der Waals surface area contributed by atoms with Gasteiger partial charge in [0.15, 0.2) is 11.3 Å². The molecule has 0 fully saturated rings. The molecule has 0 saturated heterocycles. The number of hydrogen-bond donors (Lipinski definition) is 2. The van der Waals surface area contributed by atoms with Crippen LogP contribution in [0.25, 0.3) is 33.7 Å². The largest absolute Gasteiger partial charge is 0.478 e. The van der Waals surface area contributed by atoms with Gasteiger partial charge in [0.05, 0.1) is 17.6 Å². The monoisotopic (exact) mass is 571 g/mol. The zero-order valence-electron chi connectivity index (χ0n) is 22.5. The second kappa shape index (κ2) is 11.3. The van der Waals surface area contributed by atoms with Gasteiger partial charge in [0.1, 0.15) is 0 Å². The third-order valence-corrected chi connectivity index (χ3v) is 6.63. The van der Waals surface area contributed by atoms with Gasteiger partial charge in [0, 0.05) is 34.7 Å². The van der Waals surface area contributed by atoms with E-state index in [0.717, 1.165) is 17.8 Å². The maximum absolute atomic E-state index is 13.5. The lowest BCUT2D eigenvalue weighted by Gasteiger charge is -2.11. The van der Waals surface area contributed by atoms with Crippen LogP contribution in [-0.4, -0.2) is 36.6 Å². The number of carbonyl (C=O) groups excluding carboxylic acids is 1. The summed E-state index contributed by atoms with van der Waals surface area (Å²) in [6.45, 7) is 3.68. The van der Waals surface area contributed by atoms with Crippen molar-refractivity contribution in [3.8, 4) is 22.5 Å². The number of fused-ring (bicyclic) bond motifs is 1. The number of rotatable bonds is 7. The highest BCUT2D eigenvalue weighted by molar-refractivity contribution is 6.05. The van der Waals surface area contributed by atoms with Crippen LogP contribution in [0.15, 0.2) is 85.2 Å². The molecule has 11 heteroatoms. The van der Waals surface area contributed by atoms with Crippen molar-refractivity contribution in [2.45, 2.75) is 26.4 Å². The summed E-state index contributed by atoms with van der Waals surface area (Å²) in [5.74, 6) is -1.43. The van der Waals surface area contributed by atoms with E-state index in [1.165, 1.54) is 22.7 Å². The number of carboxylic acids is 1. The number of nitrogens with one attached hydrogen (secondary N) is 1. The number of aromatic nitrogens is 4. The molecule has 5 rings (SSSR count). The number of pyridine rings is 1. The lowest BCUT2D eigenvalue weighted by Crippen LogP contribution is -2.13. The first-order valence-electron chi connectivity index (χ1n) is 12.9. The molecule has 0 aliphatic carbocycles. The SMILES string of the molecule is CCC(=CC(=O)O)c1cccc(C(=O)Nc2cc(-c3cn4nc(-c5cccnc5C(F)(F)F)ccc4n3)ccc2C)c1. The predicted octanol–water partition coefficient (Wildman–Crippen LogP) is 6.92. The number of carbonyl (C=O) groups is 2. The molecule has 0 radical (unpaired) electrons. The van der Waals surface area contributed by atoms with E-state index in [0.29, 0.717) is 45.7 Å². The Morgan fingerprint density at radius 3 is 2.52 bits per heavy atom. The summed E-state index contributed by atoms with van der Waals surface area (Å²) in [7, 11) is 0. The van der Waals surface area contributed by atoms with Gasteiger partial charge in [0.25, 0.3) is 5.91 Å². The van der Waals surface area contributed by atoms with Crippen LogP contribution in [0.3, 0.4) is 0 Å². The average molecular weight is 572 g/mol. The lowest BCUT2D eigenvalue weighted by molar-refractivity contribution is -0.140. The minimum absolute atomic E-state index is 0.0930. The molecule has 0 spiro atoms. The van der Waals surface area contributed by atoms with Gasteiger partial charge >= 0.3 is 12.1 Å². The van der Waals surface area contributed by atoms with E-state index >= 15 is 0 Å². The van der Waals surface area contributed by atoms with Gasteiger partial charge in [-0.3, -0.25) is 9.78 Å². The number of halogens is 3. The molecule has 0 bridgehead atoms. The Hall–Kier alpha value is -5.32. The van der Waals surface area contributed by atoms with Crippen molar-refractivity contribution in [2.24, 2.45) is 0 Å². The van der Waals surface area contributed by atoms with Gasteiger partial charge in [-0.15, -0.1) is 0 Å². The molecule has 42 heavy (non-hydrogen) atoms. The summed E-state index contributed by atoms with van der Waals surface area (Å²) in [6, 6.07) is 17.9. The van der Waals surface area contributed by atoms with E-state index in [4.69, 9.17) is 5.11 Å². The summed E-state index contributed by atoms with van der Waals surface area (Å²) < 4.78 is 41.9. The second-order valence-corrected chi connectivity index (χ2v) is 9.47. The predicted molar refractivity (Wildman–Crippen MR) is 152 cm³/mol. The molecule has 2 N–H and O–H groups in total. The Morgan fingerprint density at radius 2 is 1.79 bits per heavy atom. The fraction of sp³-hybridized carbons (Fsp3) is 0.129. The Kier molecular flexibility index (Phi) is 7.58. The first-order valence-corrected chi connectivity index (χ1v) is 12.9. The fourth-order valence-corrected chi connectivity index (χ4v) is 4.51. The highest BCUT2D eigenvalue weighted by atomic mass is 19.4. The average Bonchev–Trinajstić information content (AvgIpc) is 3.40. The van der Waals surface area contributed by atoms with Crippen LogP contribution in [0.1, 0.15) is 40.5 Å². The van der Waals surface area contributed by atoms with E-state index in [1.54, 1.807) is 42.6 Å². The summed E-state index contributed by atoms with van der Waals surface area (Å²) in [5.41, 5.74) is 3.45. The van der Waals surface area contributed by atoms with Crippen LogP contribution < -0.4 is 5.32 Å². The highest BCUT2D eigenvalue weighted by Crippen LogP contribution is 2.35. The molecule has 212 valence electrons. The molecule has 3 aromatic heterocycles. The van der Waals surface area contributed by atoms with E-state index in [-0.39, 0.29) is 17.2 Å². The summed E-state index contributed by atoms with van der Waals surface area (Å²) in [4.78, 5) is 32.4. The maximum Gasteiger partial charge on any atom is 0.434 e. The topological polar surface area (TPSA) is 109 Å². The highest BCUT2D eigenvalue weighted by Gasteiger charge is 2.35. The van der Waals surface area contributed by atoms with Crippen molar-refractivity contribution in [1.29, 1.82) is 0 Å². The first kappa shape index (κ1) is 28.2. The number of anilines is 1. The Balaban J connectivity index is 1.44. The Morgan fingerprint density at radius 1 is 1.00 bits per heavy atom. The van der Waals surface area contributed by atoms with Crippen LogP contribution >= 0.6 is 0 Å². The number of imidazole rings is 1. The molecule has 1 amide bonds. The van der Waals surface area contributed by atoms with Crippen LogP contribution in [0, 0.1) is 6.92 Å². The number of alkyl halides is 3. The molecule has 0 saturated carbocycles. The fourth-order valence-electron chi connectivity index (χ4n) is 4.51. The van der Waals surface area contributed by atoms with Gasteiger partial charge in [-0.25, -0.2) is 14.3 Å². The van der Waals surface area contributed by atoms with Crippen molar-refractivity contribution in [1.82, 2.24) is 19.6 Å². The number of benzene rings is 2. The van der Waals surface area contributed by atoms with Gasteiger partial charge in [-0.05, 0) is 72.5 Å². The number of allylic oxidation sites excluding steroid dienone is 1. The van der Waals surface area contributed by atoms with Crippen molar-refractivity contribution < 1.29 is 27.9 Å². The van der Waals surface area contributed by atoms with Crippen LogP contribution in [-0.2, 0) is 11.0 Å². The Labute approximate surface area is 238 Å². The zero-order valence-corrected chi connectivity index (χ0v) is 22.5. The molecule has 8 nitrogen and oxygen atoms in total. The van der Waals surface area contributed by atoms with Gasteiger partial charge in [-0.2, -0.15) is 18.3 Å². The van der Waals surface area contributed by atoms with Gasteiger partial charge < -0.3 is 10.4 Å². The number of aliphatic carboxylic acids is 1. The number of nitrogens with zero attached hydrogens (tertiary/aromatic N) is 4. The Bertz CT molecular complexity index is 1860. The number of amides is 1. The summed E-state index contributed by atoms with van der Waals surface area (Å²) >= 11 is 0. The smallest absolute Gasteiger partial charge is 0.434 e. The van der Waals surface area contributed by atoms with Crippen molar-refractivity contribution >= 4 is 28.8 Å². The third-order valence-electron chi connectivity index (χ3n) is 6.63. The number of carboxylic acid groups (broad SMARTS) is 1. The molecular formula is C31H24F3N5O3. The summed E-state index contributed by atoms with van der Waals surface area (Å²) in [6.07, 6.45) is -0.333. The van der Waals surface area contributed by atoms with Gasteiger partial charge in [0.2, 0.25) is 0 Å². The van der Waals surface area contributed by atoms with E-state index in [2.05, 4.69) is 20.4 Å². The normalized spacial score (nSPS) is 12.0. The molecule has 2 aromatic carbocycles. The second-order valence-electron chi connectivity index (χ2n) is 9.47. The van der Waals surface area contributed by atoms with Crippen LogP contribution in [0.5, 0.6) is 0 Å².